The lowest BCUT2D eigenvalue weighted by molar-refractivity contribution is -0.113. The van der Waals surface area contributed by atoms with Gasteiger partial charge < -0.3 is 14.6 Å². The zero-order valence-electron chi connectivity index (χ0n) is 15.6. The summed E-state index contributed by atoms with van der Waals surface area (Å²) in [4.78, 5) is 25.3. The molecule has 1 amide bonds. The molecule has 0 aliphatic rings. The summed E-state index contributed by atoms with van der Waals surface area (Å²) in [6, 6.07) is 16.3. The average Bonchev–Trinajstić information content (AvgIpc) is 3.12. The fourth-order valence-corrected chi connectivity index (χ4v) is 3.28. The maximum atomic E-state index is 12.4. The summed E-state index contributed by atoms with van der Waals surface area (Å²) in [5.41, 5.74) is 2.83. The first kappa shape index (κ1) is 19.7. The summed E-state index contributed by atoms with van der Waals surface area (Å²) in [5, 5.41) is 6.64. The van der Waals surface area contributed by atoms with Gasteiger partial charge in [0.25, 0.3) is 0 Å². The summed E-state index contributed by atoms with van der Waals surface area (Å²) >= 11 is 1.28. The van der Waals surface area contributed by atoms with Crippen LogP contribution in [0.2, 0.25) is 0 Å². The van der Waals surface area contributed by atoms with Crippen LogP contribution in [0.1, 0.15) is 27.4 Å². The van der Waals surface area contributed by atoms with Crippen molar-refractivity contribution in [3.05, 3.63) is 77.2 Å². The van der Waals surface area contributed by atoms with Crippen LogP contribution in [0.5, 0.6) is 0 Å². The summed E-state index contributed by atoms with van der Waals surface area (Å²) in [7, 11) is 0. The first-order valence-corrected chi connectivity index (χ1v) is 9.67. The molecule has 1 N–H and O–H groups in total. The fraction of sp³-hybridized carbons (Fsp3) is 0.190. The van der Waals surface area contributed by atoms with Gasteiger partial charge in [-0.05, 0) is 38.1 Å². The van der Waals surface area contributed by atoms with Gasteiger partial charge in [0.1, 0.15) is 18.1 Å². The van der Waals surface area contributed by atoms with Gasteiger partial charge >= 0.3 is 5.97 Å². The summed E-state index contributed by atoms with van der Waals surface area (Å²) in [6.07, 6.45) is 0. The summed E-state index contributed by atoms with van der Waals surface area (Å²) in [5.74, 6) is 0.222. The number of benzene rings is 2. The van der Waals surface area contributed by atoms with Crippen molar-refractivity contribution in [2.75, 3.05) is 11.1 Å². The number of carbonyl (C=O) groups is 2. The molecule has 0 aliphatic carbocycles. The van der Waals surface area contributed by atoms with Crippen LogP contribution in [0.25, 0.3) is 0 Å². The highest BCUT2D eigenvalue weighted by Crippen LogP contribution is 2.24. The van der Waals surface area contributed by atoms with Crippen LogP contribution >= 0.6 is 11.8 Å². The molecule has 7 heteroatoms. The predicted molar refractivity (Wildman–Crippen MR) is 107 cm³/mol. The molecule has 0 spiro atoms. The van der Waals surface area contributed by atoms with Crippen molar-refractivity contribution < 1.29 is 18.8 Å². The van der Waals surface area contributed by atoms with Gasteiger partial charge in [0.15, 0.2) is 0 Å². The molecule has 0 radical (unpaired) electrons. The van der Waals surface area contributed by atoms with Crippen LogP contribution in [0.15, 0.2) is 64.0 Å². The molecule has 6 nitrogen and oxygen atoms in total. The van der Waals surface area contributed by atoms with Crippen molar-refractivity contribution in [2.24, 2.45) is 0 Å². The monoisotopic (exact) mass is 396 g/mol. The van der Waals surface area contributed by atoms with E-state index in [1.54, 1.807) is 31.2 Å². The lowest BCUT2D eigenvalue weighted by Crippen LogP contribution is -2.14. The number of nitrogens with one attached hydrogen (secondary N) is 1. The minimum absolute atomic E-state index is 0.0308. The molecule has 0 fully saturated rings. The largest absolute Gasteiger partial charge is 0.455 e. The van der Waals surface area contributed by atoms with Gasteiger partial charge in [0.2, 0.25) is 5.91 Å². The number of anilines is 1. The molecule has 0 aliphatic heterocycles. The van der Waals surface area contributed by atoms with E-state index in [0.29, 0.717) is 21.9 Å². The molecule has 3 rings (SSSR count). The smallest absolute Gasteiger partial charge is 0.339 e. The molecule has 0 saturated heterocycles. The van der Waals surface area contributed by atoms with Gasteiger partial charge in [0, 0.05) is 16.6 Å². The van der Waals surface area contributed by atoms with Gasteiger partial charge in [-0.15, -0.1) is 11.8 Å². The number of hydrogen-bond acceptors (Lipinski definition) is 6. The Labute approximate surface area is 167 Å². The number of nitrogens with zero attached hydrogens (tertiary/aromatic N) is 1. The van der Waals surface area contributed by atoms with Crippen molar-refractivity contribution in [1.82, 2.24) is 5.16 Å². The van der Waals surface area contributed by atoms with Gasteiger partial charge in [-0.25, -0.2) is 4.79 Å². The first-order valence-electron chi connectivity index (χ1n) is 8.69. The van der Waals surface area contributed by atoms with Crippen molar-refractivity contribution in [3.63, 3.8) is 0 Å². The summed E-state index contributed by atoms with van der Waals surface area (Å²) < 4.78 is 10.3. The van der Waals surface area contributed by atoms with Crippen LogP contribution in [0.4, 0.5) is 5.69 Å². The Morgan fingerprint density at radius 3 is 2.57 bits per heavy atom. The highest BCUT2D eigenvalue weighted by Gasteiger charge is 2.15. The minimum Gasteiger partial charge on any atom is -0.455 e. The van der Waals surface area contributed by atoms with Gasteiger partial charge in [0.05, 0.1) is 11.3 Å². The van der Waals surface area contributed by atoms with Crippen LogP contribution < -0.4 is 5.32 Å². The van der Waals surface area contributed by atoms with Crippen molar-refractivity contribution >= 4 is 29.3 Å². The number of aromatic nitrogens is 1. The van der Waals surface area contributed by atoms with E-state index in [1.807, 2.05) is 37.3 Å². The first-order chi connectivity index (χ1) is 13.5. The van der Waals surface area contributed by atoms with Crippen LogP contribution in [0.3, 0.4) is 0 Å². The van der Waals surface area contributed by atoms with Crippen molar-refractivity contribution in [2.45, 2.75) is 25.3 Å². The van der Waals surface area contributed by atoms with E-state index in [0.717, 1.165) is 11.3 Å². The minimum atomic E-state index is -0.470. The van der Waals surface area contributed by atoms with Crippen LogP contribution in [0, 0.1) is 13.8 Å². The second-order valence-corrected chi connectivity index (χ2v) is 7.22. The molecule has 0 saturated carbocycles. The number of hydrogen-bond donors (Lipinski definition) is 1. The molecule has 2 aromatic carbocycles. The Kier molecular flexibility index (Phi) is 6.49. The van der Waals surface area contributed by atoms with Crippen LogP contribution in [-0.4, -0.2) is 22.8 Å². The Morgan fingerprint density at radius 2 is 1.86 bits per heavy atom. The quantitative estimate of drug-likeness (QED) is 0.471. The Morgan fingerprint density at radius 1 is 1.11 bits per heavy atom. The molecule has 1 heterocycles. The molecule has 1 aromatic heterocycles. The molecule has 28 heavy (non-hydrogen) atoms. The highest BCUT2D eigenvalue weighted by molar-refractivity contribution is 8.00. The van der Waals surface area contributed by atoms with E-state index >= 15 is 0 Å². The van der Waals surface area contributed by atoms with E-state index in [2.05, 4.69) is 10.5 Å². The maximum absolute atomic E-state index is 12.4. The van der Waals surface area contributed by atoms with Crippen molar-refractivity contribution in [1.29, 1.82) is 0 Å². The SMILES string of the molecule is Cc1ccc(NC(=O)CSc2ccccc2C(=O)OCc2cc(C)on2)cc1. The number of ether oxygens (including phenoxy) is 1. The Balaban J connectivity index is 1.57. The van der Waals surface area contributed by atoms with Gasteiger partial charge in [-0.1, -0.05) is 35.0 Å². The zero-order chi connectivity index (χ0) is 19.9. The van der Waals surface area contributed by atoms with Gasteiger partial charge in [-0.2, -0.15) is 0 Å². The number of carbonyl (C=O) groups excluding carboxylic acids is 2. The number of aryl methyl sites for hydroxylation is 2. The van der Waals surface area contributed by atoms with Crippen LogP contribution in [-0.2, 0) is 16.1 Å². The summed E-state index contributed by atoms with van der Waals surface area (Å²) in [6.45, 7) is 3.79. The maximum Gasteiger partial charge on any atom is 0.339 e. The molecule has 144 valence electrons. The van der Waals surface area contributed by atoms with E-state index < -0.39 is 5.97 Å². The highest BCUT2D eigenvalue weighted by atomic mass is 32.2. The third-order valence-electron chi connectivity index (χ3n) is 3.83. The van der Waals surface area contributed by atoms with E-state index in [-0.39, 0.29) is 18.3 Å². The molecule has 0 unspecified atom stereocenters. The fourth-order valence-electron chi connectivity index (χ4n) is 2.44. The molecule has 0 bridgehead atoms. The molecule has 3 aromatic rings. The Bertz CT molecular complexity index is 967. The third kappa shape index (κ3) is 5.47. The number of rotatable bonds is 7. The van der Waals surface area contributed by atoms with E-state index in [9.17, 15) is 9.59 Å². The second-order valence-electron chi connectivity index (χ2n) is 6.20. The van der Waals surface area contributed by atoms with E-state index in [4.69, 9.17) is 9.26 Å². The number of thioether (sulfide) groups is 1. The molecular formula is C21H20N2O4S. The topological polar surface area (TPSA) is 81.4 Å². The average molecular weight is 396 g/mol. The molecular weight excluding hydrogens is 376 g/mol. The van der Waals surface area contributed by atoms with Gasteiger partial charge in [-0.3, -0.25) is 4.79 Å². The number of amides is 1. The standard InChI is InChI=1S/C21H20N2O4S/c1-14-7-9-16(10-8-14)22-20(24)13-28-19-6-4-3-5-18(19)21(25)26-12-17-11-15(2)27-23-17/h3-11H,12-13H2,1-2H3,(H,22,24). The lowest BCUT2D eigenvalue weighted by atomic mass is 10.2. The third-order valence-corrected chi connectivity index (χ3v) is 4.90. The number of esters is 1. The second kappa shape index (κ2) is 9.23. The van der Waals surface area contributed by atoms with E-state index in [1.165, 1.54) is 11.8 Å². The normalized spacial score (nSPS) is 10.5. The Hall–Kier alpha value is -3.06. The lowest BCUT2D eigenvalue weighted by Gasteiger charge is -2.09. The van der Waals surface area contributed by atoms with Crippen molar-refractivity contribution in [3.8, 4) is 0 Å². The molecule has 0 atom stereocenters. The zero-order valence-corrected chi connectivity index (χ0v) is 16.4. The predicted octanol–water partition coefficient (Wildman–Crippen LogP) is 4.38.